The molecule has 1 fully saturated rings. The molecule has 1 heterocycles. The van der Waals surface area contributed by atoms with Gasteiger partial charge in [0, 0.05) is 31.5 Å². The molecule has 0 aromatic heterocycles. The number of unbranched alkanes of at least 4 members (excludes halogenated alkanes) is 1. The highest BCUT2D eigenvalue weighted by Crippen LogP contribution is 2.26. The van der Waals surface area contributed by atoms with Crippen LogP contribution >= 0.6 is 12.4 Å². The number of nitrogens with one attached hydrogen (secondary N) is 1. The van der Waals surface area contributed by atoms with Crippen molar-refractivity contribution in [1.29, 1.82) is 0 Å². The number of carbonyl (C=O) groups excluding carboxylic acids is 2. The van der Waals surface area contributed by atoms with Crippen LogP contribution in [0.15, 0.2) is 24.3 Å². The van der Waals surface area contributed by atoms with Gasteiger partial charge in [-0.2, -0.15) is 0 Å². The van der Waals surface area contributed by atoms with Crippen LogP contribution in [0.5, 0.6) is 0 Å². The molecule has 5 nitrogen and oxygen atoms in total. The van der Waals surface area contributed by atoms with Crippen LogP contribution in [0.25, 0.3) is 0 Å². The third-order valence-corrected chi connectivity index (χ3v) is 4.49. The summed E-state index contributed by atoms with van der Waals surface area (Å²) in [4.78, 5) is 24.4. The molecule has 0 unspecified atom stereocenters. The number of benzene rings is 1. The smallest absolute Gasteiger partial charge is 0.317 e. The van der Waals surface area contributed by atoms with Crippen molar-refractivity contribution >= 4 is 30.4 Å². The second-order valence-electron chi connectivity index (χ2n) is 5.92. The van der Waals surface area contributed by atoms with E-state index in [9.17, 15) is 14.0 Å². The second-order valence-corrected chi connectivity index (χ2v) is 5.92. The van der Waals surface area contributed by atoms with Gasteiger partial charge in [0.05, 0.1) is 19.6 Å². The van der Waals surface area contributed by atoms with Crippen LogP contribution in [-0.2, 0) is 4.79 Å². The van der Waals surface area contributed by atoms with Crippen molar-refractivity contribution < 1.29 is 14.0 Å². The first-order chi connectivity index (χ1) is 11.1. The minimum atomic E-state index is -0.249. The number of quaternary nitrogens is 1. The van der Waals surface area contributed by atoms with E-state index in [1.54, 1.807) is 0 Å². The number of rotatable bonds is 6. The molecule has 134 valence electrons. The molecule has 7 heteroatoms. The van der Waals surface area contributed by atoms with Crippen molar-refractivity contribution in [3.8, 4) is 0 Å². The molecule has 1 aromatic rings. The van der Waals surface area contributed by atoms with E-state index in [4.69, 9.17) is 0 Å². The van der Waals surface area contributed by atoms with Gasteiger partial charge in [-0.25, -0.2) is 9.18 Å². The molecule has 1 N–H and O–H groups in total. The first kappa shape index (κ1) is 20.4. The Hall–Kier alpha value is -1.66. The third-order valence-electron chi connectivity index (χ3n) is 4.49. The number of nitrogens with zero attached hydrogens (tertiary/aromatic N) is 2. The normalized spacial score (nSPS) is 16.2. The molecule has 2 rings (SSSR count). The monoisotopic (exact) mass is 358 g/mol. The van der Waals surface area contributed by atoms with Crippen molar-refractivity contribution in [2.24, 2.45) is 0 Å². The Kier molecular flexibility index (Phi) is 8.15. The Balaban J connectivity index is 0.00000288. The Morgan fingerprint density at radius 1 is 1.29 bits per heavy atom. The zero-order valence-corrected chi connectivity index (χ0v) is 14.9. The molecule has 0 bridgehead atoms. The van der Waals surface area contributed by atoms with Gasteiger partial charge in [0.15, 0.2) is 0 Å². The fraction of sp³-hybridized carbons (Fsp3) is 0.529. The van der Waals surface area contributed by atoms with E-state index < -0.39 is 0 Å². The topological polar surface area (TPSA) is 49.4 Å². The number of amides is 2. The van der Waals surface area contributed by atoms with E-state index in [1.807, 2.05) is 24.0 Å². The molecule has 1 saturated heterocycles. The third kappa shape index (κ3) is 4.92. The van der Waals surface area contributed by atoms with Gasteiger partial charge in [-0.15, -0.1) is 12.4 Å². The Morgan fingerprint density at radius 2 is 1.92 bits per heavy atom. The van der Waals surface area contributed by atoms with Crippen LogP contribution in [0.3, 0.4) is 0 Å². The lowest BCUT2D eigenvalue weighted by atomic mass is 10.1. The van der Waals surface area contributed by atoms with Crippen LogP contribution in [0.1, 0.15) is 19.8 Å². The van der Waals surface area contributed by atoms with Gasteiger partial charge in [-0.05, 0) is 19.1 Å². The van der Waals surface area contributed by atoms with Gasteiger partial charge < -0.3 is 15.0 Å². The standard InChI is InChI=1S/C17H24FN3O2.ClH/c1-2-19-17(23)20-9-12-21(13-10-20,11-3-4-14-22)16-7-5-15(18)6-8-16;/h5-8,14H,2-4,9-13H2,1H3;1H/p+1. The predicted molar refractivity (Wildman–Crippen MR) is 96.0 cm³/mol. The SMILES string of the molecule is CCNC(=O)N1CC[N+](CCCC=O)(c2ccc(F)cc2)CC1.Cl. The summed E-state index contributed by atoms with van der Waals surface area (Å²) in [7, 11) is 0. The van der Waals surface area contributed by atoms with Gasteiger partial charge in [-0.1, -0.05) is 0 Å². The van der Waals surface area contributed by atoms with Crippen molar-refractivity contribution in [3.05, 3.63) is 30.1 Å². The number of aldehydes is 1. The van der Waals surface area contributed by atoms with E-state index >= 15 is 0 Å². The fourth-order valence-corrected chi connectivity index (χ4v) is 3.16. The lowest BCUT2D eigenvalue weighted by Gasteiger charge is -2.44. The van der Waals surface area contributed by atoms with Crippen molar-refractivity contribution in [2.75, 3.05) is 39.3 Å². The van der Waals surface area contributed by atoms with Gasteiger partial charge in [0.1, 0.15) is 30.9 Å². The largest absolute Gasteiger partial charge is 0.338 e. The first-order valence-electron chi connectivity index (χ1n) is 8.20. The lowest BCUT2D eigenvalue weighted by Crippen LogP contribution is -2.63. The van der Waals surface area contributed by atoms with E-state index in [2.05, 4.69) is 5.32 Å². The van der Waals surface area contributed by atoms with Crippen LogP contribution in [0.2, 0.25) is 0 Å². The number of halogens is 2. The maximum Gasteiger partial charge on any atom is 0.317 e. The molecule has 24 heavy (non-hydrogen) atoms. The summed E-state index contributed by atoms with van der Waals surface area (Å²) in [6, 6.07) is 6.56. The first-order valence-corrected chi connectivity index (χ1v) is 8.20. The zero-order chi connectivity index (χ0) is 16.7. The van der Waals surface area contributed by atoms with Crippen LogP contribution in [0, 0.1) is 5.82 Å². The molecule has 0 aliphatic carbocycles. The highest BCUT2D eigenvalue weighted by atomic mass is 35.5. The van der Waals surface area contributed by atoms with Gasteiger partial charge in [0.2, 0.25) is 0 Å². The summed E-state index contributed by atoms with van der Waals surface area (Å²) in [5.41, 5.74) is 1.05. The van der Waals surface area contributed by atoms with E-state index in [0.29, 0.717) is 30.5 Å². The van der Waals surface area contributed by atoms with Gasteiger partial charge in [0.25, 0.3) is 0 Å². The molecule has 1 aliphatic heterocycles. The number of hydrogen-bond donors (Lipinski definition) is 1. The zero-order valence-electron chi connectivity index (χ0n) is 14.0. The highest BCUT2D eigenvalue weighted by Gasteiger charge is 2.36. The van der Waals surface area contributed by atoms with Crippen LogP contribution in [-0.4, -0.2) is 56.5 Å². The average Bonchev–Trinajstić information content (AvgIpc) is 2.56. The molecule has 1 aliphatic rings. The molecular formula is C17H26ClFN3O2+. The predicted octanol–water partition coefficient (Wildman–Crippen LogP) is 2.58. The van der Waals surface area contributed by atoms with E-state index in [-0.39, 0.29) is 24.3 Å². The number of hydrogen-bond acceptors (Lipinski definition) is 2. The molecule has 0 atom stereocenters. The summed E-state index contributed by atoms with van der Waals surface area (Å²) in [6.07, 6.45) is 2.26. The molecular weight excluding hydrogens is 333 g/mol. The Bertz CT molecular complexity index is 531. The summed E-state index contributed by atoms with van der Waals surface area (Å²) in [5.74, 6) is -0.249. The van der Waals surface area contributed by atoms with E-state index in [0.717, 1.165) is 38.0 Å². The minimum absolute atomic E-state index is 0. The summed E-state index contributed by atoms with van der Waals surface area (Å²) >= 11 is 0. The van der Waals surface area contributed by atoms with E-state index in [1.165, 1.54) is 12.1 Å². The Labute approximate surface area is 148 Å². The summed E-state index contributed by atoms with van der Waals surface area (Å²) in [5, 5.41) is 2.83. The average molecular weight is 359 g/mol. The van der Waals surface area contributed by atoms with Crippen LogP contribution < -0.4 is 9.80 Å². The second kappa shape index (κ2) is 9.59. The molecule has 0 spiro atoms. The van der Waals surface area contributed by atoms with Crippen molar-refractivity contribution in [1.82, 2.24) is 14.7 Å². The quantitative estimate of drug-likeness (QED) is 0.482. The highest BCUT2D eigenvalue weighted by molar-refractivity contribution is 5.85. The lowest BCUT2D eigenvalue weighted by molar-refractivity contribution is -0.108. The molecule has 2 amide bonds. The Morgan fingerprint density at radius 3 is 2.46 bits per heavy atom. The maximum atomic E-state index is 13.2. The minimum Gasteiger partial charge on any atom is -0.338 e. The number of carbonyl (C=O) groups is 2. The number of piperazine rings is 1. The summed E-state index contributed by atoms with van der Waals surface area (Å²) < 4.78 is 13.9. The fourth-order valence-electron chi connectivity index (χ4n) is 3.16. The van der Waals surface area contributed by atoms with Crippen LogP contribution in [0.4, 0.5) is 14.9 Å². The molecule has 0 radical (unpaired) electrons. The molecule has 0 saturated carbocycles. The summed E-state index contributed by atoms with van der Waals surface area (Å²) in [6.45, 7) is 6.22. The van der Waals surface area contributed by atoms with Crippen molar-refractivity contribution in [3.63, 3.8) is 0 Å². The maximum absolute atomic E-state index is 13.2. The molecule has 1 aromatic carbocycles. The number of urea groups is 1. The van der Waals surface area contributed by atoms with Gasteiger partial charge >= 0.3 is 6.03 Å². The van der Waals surface area contributed by atoms with Gasteiger partial charge in [-0.3, -0.25) is 4.48 Å². The van der Waals surface area contributed by atoms with Crippen molar-refractivity contribution in [2.45, 2.75) is 19.8 Å².